The summed E-state index contributed by atoms with van der Waals surface area (Å²) in [4.78, 5) is 40.7. The molecule has 0 aliphatic rings. The Morgan fingerprint density at radius 3 is 2.05 bits per heavy atom. The normalized spacial score (nSPS) is 12.1. The van der Waals surface area contributed by atoms with E-state index in [4.69, 9.17) is 28.4 Å². The largest absolute Gasteiger partial charge is 0.497 e. The van der Waals surface area contributed by atoms with E-state index in [0.717, 1.165) is 29.7 Å². The summed E-state index contributed by atoms with van der Waals surface area (Å²) in [6, 6.07) is 9.44. The average Bonchev–Trinajstić information content (AvgIpc) is 2.98. The van der Waals surface area contributed by atoms with E-state index in [1.54, 1.807) is 38.3 Å². The molecule has 0 radical (unpaired) electrons. The Morgan fingerprint density at radius 2 is 1.49 bits per heavy atom. The van der Waals surface area contributed by atoms with E-state index in [0.29, 0.717) is 41.2 Å². The zero-order chi connectivity index (χ0) is 30.4. The lowest BCUT2D eigenvalue weighted by Gasteiger charge is -2.29. The van der Waals surface area contributed by atoms with Crippen molar-refractivity contribution >= 4 is 18.2 Å². The summed E-state index contributed by atoms with van der Waals surface area (Å²) in [5.41, 5.74) is 2.09. The monoisotopic (exact) mass is 573 g/mol. The number of hydrogen-bond donors (Lipinski definition) is 0. The topological polar surface area (TPSA) is 110 Å². The smallest absolute Gasteiger partial charge is 0.420 e. The van der Waals surface area contributed by atoms with Gasteiger partial charge in [-0.3, -0.25) is 0 Å². The fourth-order valence-corrected chi connectivity index (χ4v) is 4.36. The Labute approximate surface area is 242 Å². The van der Waals surface area contributed by atoms with Crippen molar-refractivity contribution < 1.29 is 42.8 Å². The predicted molar refractivity (Wildman–Crippen MR) is 155 cm³/mol. The third-order valence-electron chi connectivity index (χ3n) is 6.57. The summed E-state index contributed by atoms with van der Waals surface area (Å²) >= 11 is 0. The van der Waals surface area contributed by atoms with Crippen LogP contribution in [0.3, 0.4) is 0 Å². The highest BCUT2D eigenvalue weighted by Crippen LogP contribution is 2.37. The number of benzene rings is 2. The number of imide groups is 1. The van der Waals surface area contributed by atoms with Gasteiger partial charge in [-0.15, -0.1) is 0 Å². The second kappa shape index (κ2) is 17.0. The predicted octanol–water partition coefficient (Wildman–Crippen LogP) is 6.42. The third kappa shape index (κ3) is 9.30. The number of hydrogen-bond acceptors (Lipinski definition) is 9. The fourth-order valence-electron chi connectivity index (χ4n) is 4.36. The van der Waals surface area contributed by atoms with Gasteiger partial charge in [0, 0.05) is 6.42 Å². The van der Waals surface area contributed by atoms with Crippen molar-refractivity contribution in [2.45, 2.75) is 71.4 Å². The van der Waals surface area contributed by atoms with Crippen molar-refractivity contribution in [2.75, 3.05) is 35.0 Å². The summed E-state index contributed by atoms with van der Waals surface area (Å²) < 4.78 is 32.4. The fraction of sp³-hybridized carbons (Fsp3) is 0.516. The molecule has 2 unspecified atom stereocenters. The van der Waals surface area contributed by atoms with E-state index >= 15 is 0 Å². The molecule has 0 bridgehead atoms. The summed E-state index contributed by atoms with van der Waals surface area (Å²) in [6.07, 6.45) is 1.23. The molecule has 0 aliphatic carbocycles. The molecule has 2 aromatic carbocycles. The van der Waals surface area contributed by atoms with Crippen LogP contribution in [0.25, 0.3) is 11.1 Å². The lowest BCUT2D eigenvalue weighted by Crippen LogP contribution is -2.51. The Hall–Kier alpha value is -3.95. The second-order valence-electron chi connectivity index (χ2n) is 9.51. The van der Waals surface area contributed by atoms with E-state index in [9.17, 15) is 14.4 Å². The molecule has 2 rings (SSSR count). The van der Waals surface area contributed by atoms with Crippen LogP contribution < -0.4 is 14.2 Å². The number of unbranched alkanes of at least 4 members (excludes halogenated alkanes) is 2. The van der Waals surface area contributed by atoms with Gasteiger partial charge in [-0.05, 0) is 60.7 Å². The zero-order valence-electron chi connectivity index (χ0n) is 25.2. The summed E-state index contributed by atoms with van der Waals surface area (Å²) in [6.45, 7) is 5.81. The summed E-state index contributed by atoms with van der Waals surface area (Å²) in [5.74, 6) is 0.753. The number of carbonyl (C=O) groups is 3. The average molecular weight is 574 g/mol. The van der Waals surface area contributed by atoms with Gasteiger partial charge >= 0.3 is 18.2 Å². The maximum Gasteiger partial charge on any atom is 0.420 e. The van der Waals surface area contributed by atoms with Gasteiger partial charge < -0.3 is 28.4 Å². The molecule has 10 heteroatoms. The minimum Gasteiger partial charge on any atom is -0.497 e. The number of esters is 1. The molecule has 41 heavy (non-hydrogen) atoms. The minimum absolute atomic E-state index is 0.0995. The van der Waals surface area contributed by atoms with E-state index in [1.807, 2.05) is 26.0 Å². The van der Waals surface area contributed by atoms with Crippen LogP contribution in [0.5, 0.6) is 17.2 Å². The van der Waals surface area contributed by atoms with Crippen molar-refractivity contribution in [2.24, 2.45) is 0 Å². The van der Waals surface area contributed by atoms with Gasteiger partial charge in [0.25, 0.3) is 0 Å². The van der Waals surface area contributed by atoms with Gasteiger partial charge in [0.2, 0.25) is 0 Å². The van der Waals surface area contributed by atoms with Crippen LogP contribution in [0, 0.1) is 0 Å². The van der Waals surface area contributed by atoms with E-state index in [-0.39, 0.29) is 13.0 Å². The van der Waals surface area contributed by atoms with Gasteiger partial charge in [0.1, 0.15) is 17.9 Å². The number of rotatable bonds is 15. The molecule has 0 saturated heterocycles. The maximum absolute atomic E-state index is 13.4. The minimum atomic E-state index is -1.38. The highest BCUT2D eigenvalue weighted by Gasteiger charge is 2.39. The first-order valence-corrected chi connectivity index (χ1v) is 13.9. The first kappa shape index (κ1) is 33.3. The van der Waals surface area contributed by atoms with Gasteiger partial charge in [-0.2, -0.15) is 4.90 Å². The van der Waals surface area contributed by atoms with Gasteiger partial charge in [0.15, 0.2) is 11.5 Å². The van der Waals surface area contributed by atoms with Crippen molar-refractivity contribution in [3.05, 3.63) is 42.0 Å². The molecule has 2 aromatic rings. The molecular weight excluding hydrogens is 530 g/mol. The van der Waals surface area contributed by atoms with Crippen LogP contribution >= 0.6 is 0 Å². The number of amides is 2. The molecule has 0 aromatic heterocycles. The van der Waals surface area contributed by atoms with E-state index < -0.39 is 30.3 Å². The Morgan fingerprint density at radius 1 is 0.829 bits per heavy atom. The van der Waals surface area contributed by atoms with Crippen LogP contribution in [-0.2, 0) is 25.4 Å². The molecule has 0 spiro atoms. The van der Waals surface area contributed by atoms with Crippen molar-refractivity contribution in [3.8, 4) is 28.4 Å². The van der Waals surface area contributed by atoms with Crippen molar-refractivity contribution in [3.63, 3.8) is 0 Å². The third-order valence-corrected chi connectivity index (χ3v) is 6.57. The first-order valence-electron chi connectivity index (χ1n) is 13.9. The number of carbonyl (C=O) groups excluding carboxylic acids is 3. The van der Waals surface area contributed by atoms with Gasteiger partial charge in [-0.1, -0.05) is 45.2 Å². The van der Waals surface area contributed by atoms with E-state index in [1.165, 1.54) is 21.3 Å². The maximum atomic E-state index is 13.4. The van der Waals surface area contributed by atoms with Gasteiger partial charge in [-0.25, -0.2) is 14.4 Å². The molecule has 2 atom stereocenters. The SMILES string of the molecule is CCCCCOC(=O)N(C(=O)OC(C)CCC)C(Cc1cc(OC)c(OC)cc1-c1ccc(OC)cc1)C(=O)OC. The molecule has 10 nitrogen and oxygen atoms in total. The lowest BCUT2D eigenvalue weighted by molar-refractivity contribution is -0.146. The molecule has 0 saturated carbocycles. The Balaban J connectivity index is 2.62. The van der Waals surface area contributed by atoms with Gasteiger partial charge in [0.05, 0.1) is 35.0 Å². The van der Waals surface area contributed by atoms with Crippen molar-refractivity contribution in [1.29, 1.82) is 0 Å². The lowest BCUT2D eigenvalue weighted by atomic mass is 9.93. The molecule has 0 fully saturated rings. The first-order chi connectivity index (χ1) is 19.7. The molecule has 226 valence electrons. The Kier molecular flexibility index (Phi) is 13.8. The highest BCUT2D eigenvalue weighted by atomic mass is 16.6. The van der Waals surface area contributed by atoms with Crippen LogP contribution in [-0.4, -0.2) is 70.2 Å². The second-order valence-corrected chi connectivity index (χ2v) is 9.51. The quantitative estimate of drug-likeness (QED) is 0.135. The standard InChI is InChI=1S/C31H43NO9/c1-8-10-11-17-40-30(34)32(31(35)41-21(3)12-9-2)26(29(33)39-7)18-23-19-27(37-5)28(38-6)20-25(23)22-13-15-24(36-4)16-14-22/h13-16,19-21,26H,8-12,17-18H2,1-7H3. The number of methoxy groups -OCH3 is 4. The Bertz CT molecular complexity index is 1130. The van der Waals surface area contributed by atoms with Crippen LogP contribution in [0.4, 0.5) is 9.59 Å². The highest BCUT2D eigenvalue weighted by molar-refractivity contribution is 5.94. The number of nitrogens with zero attached hydrogens (tertiary/aromatic N) is 1. The summed E-state index contributed by atoms with van der Waals surface area (Å²) in [5, 5.41) is 0. The molecule has 0 heterocycles. The van der Waals surface area contributed by atoms with Crippen LogP contribution in [0.15, 0.2) is 36.4 Å². The van der Waals surface area contributed by atoms with E-state index in [2.05, 4.69) is 0 Å². The summed E-state index contributed by atoms with van der Waals surface area (Å²) in [7, 11) is 5.80. The molecule has 0 aliphatic heterocycles. The molecular formula is C31H43NO9. The van der Waals surface area contributed by atoms with Crippen molar-refractivity contribution in [1.82, 2.24) is 4.90 Å². The zero-order valence-corrected chi connectivity index (χ0v) is 25.2. The molecule has 0 N–H and O–H groups in total. The number of ether oxygens (including phenoxy) is 6. The van der Waals surface area contributed by atoms with Crippen LogP contribution in [0.1, 0.15) is 58.4 Å². The van der Waals surface area contributed by atoms with Crippen LogP contribution in [0.2, 0.25) is 0 Å². The molecule has 2 amide bonds.